The third kappa shape index (κ3) is 5.14. The van der Waals surface area contributed by atoms with Gasteiger partial charge in [0, 0.05) is 23.8 Å². The van der Waals surface area contributed by atoms with Crippen molar-refractivity contribution in [1.29, 1.82) is 0 Å². The first kappa shape index (κ1) is 26.6. The zero-order valence-corrected chi connectivity index (χ0v) is 22.7. The molecule has 2 aromatic heterocycles. The lowest BCUT2D eigenvalue weighted by Gasteiger charge is -2.29. The SMILES string of the molecule is Cc1ccc(NC(=O)NCCCN(C)CC2OCC3(n4cnc5c(N)ncnc54)OC(C)(C)OC23)cc1Cl. The van der Waals surface area contributed by atoms with Gasteiger partial charge in [0.25, 0.3) is 0 Å². The average molecular weight is 545 g/mol. The summed E-state index contributed by atoms with van der Waals surface area (Å²) in [6.45, 7) is 7.84. The number of hydrogen-bond acceptors (Lipinski definition) is 9. The Morgan fingerprint density at radius 1 is 1.32 bits per heavy atom. The molecule has 0 saturated carbocycles. The summed E-state index contributed by atoms with van der Waals surface area (Å²) < 4.78 is 20.9. The Balaban J connectivity index is 1.16. The van der Waals surface area contributed by atoms with E-state index in [0.717, 1.165) is 18.5 Å². The first-order valence-electron chi connectivity index (χ1n) is 12.5. The molecule has 4 N–H and O–H groups in total. The Morgan fingerprint density at radius 3 is 2.92 bits per heavy atom. The zero-order valence-electron chi connectivity index (χ0n) is 21.9. The van der Waals surface area contributed by atoms with Gasteiger partial charge in [-0.3, -0.25) is 4.57 Å². The smallest absolute Gasteiger partial charge is 0.319 e. The number of benzene rings is 1. The second-order valence-corrected chi connectivity index (χ2v) is 10.6. The van der Waals surface area contributed by atoms with Gasteiger partial charge in [-0.05, 0) is 58.5 Å². The van der Waals surface area contributed by atoms with Gasteiger partial charge < -0.3 is 35.5 Å². The number of nitrogens with one attached hydrogen (secondary N) is 2. The molecule has 0 radical (unpaired) electrons. The number of halogens is 1. The van der Waals surface area contributed by atoms with E-state index >= 15 is 0 Å². The van der Waals surface area contributed by atoms with Crippen LogP contribution in [0.4, 0.5) is 16.3 Å². The van der Waals surface area contributed by atoms with E-state index in [-0.39, 0.29) is 18.7 Å². The van der Waals surface area contributed by atoms with E-state index in [1.54, 1.807) is 12.4 Å². The Bertz CT molecular complexity index is 1330. The summed E-state index contributed by atoms with van der Waals surface area (Å²) in [5.74, 6) is -0.514. The lowest BCUT2D eigenvalue weighted by atomic mass is 10.0. The Morgan fingerprint density at radius 2 is 2.13 bits per heavy atom. The van der Waals surface area contributed by atoms with Crippen molar-refractivity contribution >= 4 is 40.3 Å². The summed E-state index contributed by atoms with van der Waals surface area (Å²) in [5.41, 5.74) is 7.76. The number of fused-ring (bicyclic) bond motifs is 2. The van der Waals surface area contributed by atoms with Crippen molar-refractivity contribution in [2.45, 2.75) is 50.9 Å². The third-order valence-electron chi connectivity index (χ3n) is 6.81. The van der Waals surface area contributed by atoms with Crippen LogP contribution in [0.3, 0.4) is 0 Å². The van der Waals surface area contributed by atoms with Gasteiger partial charge >= 0.3 is 6.03 Å². The maximum absolute atomic E-state index is 12.2. The second-order valence-electron chi connectivity index (χ2n) is 10.2. The highest BCUT2D eigenvalue weighted by Gasteiger charge is 2.63. The van der Waals surface area contributed by atoms with E-state index in [2.05, 4.69) is 30.5 Å². The molecule has 1 aromatic carbocycles. The summed E-state index contributed by atoms with van der Waals surface area (Å²) in [6.07, 6.45) is 3.18. The number of carbonyl (C=O) groups excluding carboxylic acids is 1. The lowest BCUT2D eigenvalue weighted by molar-refractivity contribution is -0.205. The summed E-state index contributed by atoms with van der Waals surface area (Å²) >= 11 is 6.13. The van der Waals surface area contributed by atoms with Crippen molar-refractivity contribution in [1.82, 2.24) is 29.7 Å². The number of carbonyl (C=O) groups is 1. The van der Waals surface area contributed by atoms with E-state index in [9.17, 15) is 4.79 Å². The lowest BCUT2D eigenvalue weighted by Crippen LogP contribution is -2.46. The number of anilines is 2. The molecule has 0 bridgehead atoms. The molecule has 12 nitrogen and oxygen atoms in total. The Labute approximate surface area is 225 Å². The maximum atomic E-state index is 12.2. The van der Waals surface area contributed by atoms with Crippen LogP contribution in [0, 0.1) is 6.92 Å². The summed E-state index contributed by atoms with van der Waals surface area (Å²) in [6, 6.07) is 5.15. The van der Waals surface area contributed by atoms with Gasteiger partial charge in [-0.2, -0.15) is 0 Å². The van der Waals surface area contributed by atoms with Crippen molar-refractivity contribution < 1.29 is 19.0 Å². The molecule has 13 heteroatoms. The average Bonchev–Trinajstić information content (AvgIpc) is 3.50. The van der Waals surface area contributed by atoms with Crippen molar-refractivity contribution in [3.8, 4) is 0 Å². The Kier molecular flexibility index (Phi) is 7.18. The van der Waals surface area contributed by atoms with Crippen molar-refractivity contribution in [3.05, 3.63) is 41.4 Å². The van der Waals surface area contributed by atoms with Crippen LogP contribution in [-0.2, 0) is 19.9 Å². The molecule has 2 amide bonds. The van der Waals surface area contributed by atoms with Gasteiger partial charge in [0.1, 0.15) is 24.1 Å². The fraction of sp³-hybridized carbons (Fsp3) is 0.520. The molecule has 3 atom stereocenters. The molecule has 204 valence electrons. The first-order valence-corrected chi connectivity index (χ1v) is 12.9. The molecule has 0 spiro atoms. The minimum Gasteiger partial charge on any atom is -0.382 e. The molecule has 3 unspecified atom stereocenters. The highest BCUT2D eigenvalue weighted by Crippen LogP contribution is 2.47. The molecule has 3 aromatic rings. The van der Waals surface area contributed by atoms with Crippen LogP contribution in [0.5, 0.6) is 0 Å². The Hall–Kier alpha value is -3.03. The van der Waals surface area contributed by atoms with Crippen LogP contribution in [0.25, 0.3) is 11.2 Å². The van der Waals surface area contributed by atoms with E-state index in [0.29, 0.717) is 40.8 Å². The van der Waals surface area contributed by atoms with Gasteiger partial charge in [0.05, 0.1) is 12.9 Å². The molecule has 2 saturated heterocycles. The largest absolute Gasteiger partial charge is 0.382 e. The van der Waals surface area contributed by atoms with Crippen molar-refractivity contribution in [2.75, 3.05) is 44.3 Å². The van der Waals surface area contributed by atoms with Gasteiger partial charge in [-0.15, -0.1) is 0 Å². The molecule has 0 aliphatic carbocycles. The van der Waals surface area contributed by atoms with Gasteiger partial charge in [0.15, 0.2) is 17.3 Å². The molecule has 38 heavy (non-hydrogen) atoms. The van der Waals surface area contributed by atoms with Gasteiger partial charge in [-0.1, -0.05) is 17.7 Å². The number of urea groups is 1. The molecule has 5 rings (SSSR count). The number of ether oxygens (including phenoxy) is 3. The topological polar surface area (TPSA) is 142 Å². The molecule has 2 aliphatic heterocycles. The van der Waals surface area contributed by atoms with Crippen LogP contribution in [-0.4, -0.2) is 81.7 Å². The summed E-state index contributed by atoms with van der Waals surface area (Å²) in [7, 11) is 2.01. The molecule has 2 fully saturated rings. The van der Waals surface area contributed by atoms with Crippen molar-refractivity contribution in [2.24, 2.45) is 0 Å². The number of rotatable bonds is 8. The van der Waals surface area contributed by atoms with Crippen LogP contribution in [0.15, 0.2) is 30.9 Å². The minimum absolute atomic E-state index is 0.249. The molecule has 4 heterocycles. The molecular formula is C25H33ClN8O4. The number of aromatic nitrogens is 4. The second kappa shape index (κ2) is 10.3. The number of likely N-dealkylation sites (N-methyl/N-ethyl adjacent to an activating group) is 1. The standard InChI is InChI=1S/C25H33ClN8O4/c1-15-6-7-16(10-17(15)26)32-23(35)28-8-5-9-33(4)11-18-20-25(12-36-18,38-24(2,3)37-20)34-14-31-19-21(27)29-13-30-22(19)34/h6-7,10,13-14,18,20H,5,8-9,11-12H2,1-4H3,(H2,27,29,30)(H2,28,32,35). The van der Waals surface area contributed by atoms with Gasteiger partial charge in [0.2, 0.25) is 5.72 Å². The fourth-order valence-electron chi connectivity index (χ4n) is 5.03. The number of nitrogens with zero attached hydrogens (tertiary/aromatic N) is 5. The van der Waals surface area contributed by atoms with Gasteiger partial charge in [-0.25, -0.2) is 19.7 Å². The quantitative estimate of drug-likeness (QED) is 0.365. The summed E-state index contributed by atoms with van der Waals surface area (Å²) in [5, 5.41) is 6.29. The van der Waals surface area contributed by atoms with E-state index in [1.807, 2.05) is 44.5 Å². The number of nitrogens with two attached hydrogens (primary N) is 1. The van der Waals surface area contributed by atoms with Crippen LogP contribution < -0.4 is 16.4 Å². The predicted octanol–water partition coefficient (Wildman–Crippen LogP) is 2.72. The number of imidazole rings is 1. The highest BCUT2D eigenvalue weighted by molar-refractivity contribution is 6.31. The minimum atomic E-state index is -0.928. The number of aryl methyl sites for hydroxylation is 1. The highest BCUT2D eigenvalue weighted by atomic mass is 35.5. The number of amides is 2. The summed E-state index contributed by atoms with van der Waals surface area (Å²) in [4.78, 5) is 27.2. The number of nitrogen functional groups attached to an aromatic ring is 1. The van der Waals surface area contributed by atoms with E-state index < -0.39 is 17.6 Å². The number of hydrogen-bond donors (Lipinski definition) is 3. The monoisotopic (exact) mass is 544 g/mol. The van der Waals surface area contributed by atoms with E-state index in [1.165, 1.54) is 6.33 Å². The first-order chi connectivity index (χ1) is 18.1. The maximum Gasteiger partial charge on any atom is 0.319 e. The third-order valence-corrected chi connectivity index (χ3v) is 7.22. The predicted molar refractivity (Wildman–Crippen MR) is 143 cm³/mol. The van der Waals surface area contributed by atoms with Crippen LogP contribution in [0.2, 0.25) is 5.02 Å². The fourth-order valence-corrected chi connectivity index (χ4v) is 5.21. The van der Waals surface area contributed by atoms with Crippen molar-refractivity contribution in [3.63, 3.8) is 0 Å². The normalized spacial score (nSPS) is 24.2. The van der Waals surface area contributed by atoms with E-state index in [4.69, 9.17) is 31.5 Å². The van der Waals surface area contributed by atoms with Crippen LogP contribution in [0.1, 0.15) is 25.8 Å². The molecule has 2 aliphatic rings. The zero-order chi connectivity index (χ0) is 27.1. The van der Waals surface area contributed by atoms with Crippen LogP contribution >= 0.6 is 11.6 Å². The molecular weight excluding hydrogens is 512 g/mol.